The minimum atomic E-state index is -0.180. The second kappa shape index (κ2) is 11.2. The molecule has 1 heterocycles. The third kappa shape index (κ3) is 5.69. The highest BCUT2D eigenvalue weighted by atomic mass is 35.5. The SMILES string of the molecule is CCN(CC)C(=O)c1cccc(NC(=O)CSc2nnc(-c3ccc(Cl)cc3)n2CC)c1. The lowest BCUT2D eigenvalue weighted by Gasteiger charge is -2.19. The topological polar surface area (TPSA) is 80.1 Å². The van der Waals surface area contributed by atoms with Crippen LogP contribution in [0, 0.1) is 0 Å². The first-order valence-electron chi connectivity index (χ1n) is 10.5. The van der Waals surface area contributed by atoms with Crippen molar-refractivity contribution in [2.75, 3.05) is 24.2 Å². The first kappa shape index (κ1) is 23.8. The van der Waals surface area contributed by atoms with Gasteiger partial charge in [-0.05, 0) is 63.2 Å². The predicted octanol–water partition coefficient (Wildman–Crippen LogP) is 4.83. The molecule has 3 aromatic rings. The normalized spacial score (nSPS) is 10.8. The molecule has 0 bridgehead atoms. The molecule has 7 nitrogen and oxygen atoms in total. The number of thioether (sulfide) groups is 1. The van der Waals surface area contributed by atoms with Gasteiger partial charge in [-0.2, -0.15) is 0 Å². The number of carbonyl (C=O) groups is 2. The lowest BCUT2D eigenvalue weighted by molar-refractivity contribution is -0.113. The Balaban J connectivity index is 1.65. The molecule has 0 atom stereocenters. The number of rotatable bonds is 9. The molecule has 1 aromatic heterocycles. The van der Waals surface area contributed by atoms with Gasteiger partial charge in [-0.25, -0.2) is 0 Å². The van der Waals surface area contributed by atoms with Crippen molar-refractivity contribution in [3.8, 4) is 11.4 Å². The zero-order valence-electron chi connectivity index (χ0n) is 18.3. The molecule has 0 unspecified atom stereocenters. The van der Waals surface area contributed by atoms with Crippen LogP contribution in [0.5, 0.6) is 0 Å². The Morgan fingerprint density at radius 1 is 1.06 bits per heavy atom. The van der Waals surface area contributed by atoms with Crippen LogP contribution in [-0.4, -0.2) is 50.3 Å². The zero-order valence-corrected chi connectivity index (χ0v) is 19.9. The highest BCUT2D eigenvalue weighted by molar-refractivity contribution is 7.99. The number of nitrogens with zero attached hydrogens (tertiary/aromatic N) is 4. The van der Waals surface area contributed by atoms with E-state index in [1.165, 1.54) is 11.8 Å². The van der Waals surface area contributed by atoms with Gasteiger partial charge in [0.15, 0.2) is 11.0 Å². The number of hydrogen-bond donors (Lipinski definition) is 1. The minimum absolute atomic E-state index is 0.0498. The summed E-state index contributed by atoms with van der Waals surface area (Å²) in [6.07, 6.45) is 0. The van der Waals surface area contributed by atoms with Crippen molar-refractivity contribution in [3.63, 3.8) is 0 Å². The Hall–Kier alpha value is -2.84. The zero-order chi connectivity index (χ0) is 23.1. The molecule has 32 heavy (non-hydrogen) atoms. The van der Waals surface area contributed by atoms with Crippen LogP contribution in [0.4, 0.5) is 5.69 Å². The molecule has 0 saturated heterocycles. The molecule has 0 saturated carbocycles. The molecule has 3 rings (SSSR count). The summed E-state index contributed by atoms with van der Waals surface area (Å²) in [5.74, 6) is 0.676. The molecular weight excluding hydrogens is 446 g/mol. The van der Waals surface area contributed by atoms with E-state index in [2.05, 4.69) is 15.5 Å². The molecular formula is C23H26ClN5O2S. The average Bonchev–Trinajstić information content (AvgIpc) is 3.22. The second-order valence-corrected chi connectivity index (χ2v) is 8.33. The number of amides is 2. The molecule has 0 fully saturated rings. The van der Waals surface area contributed by atoms with Crippen LogP contribution in [0.25, 0.3) is 11.4 Å². The van der Waals surface area contributed by atoms with Gasteiger partial charge >= 0.3 is 0 Å². The van der Waals surface area contributed by atoms with Crippen molar-refractivity contribution in [2.24, 2.45) is 0 Å². The Bertz CT molecular complexity index is 1080. The van der Waals surface area contributed by atoms with Crippen LogP contribution in [-0.2, 0) is 11.3 Å². The molecule has 168 valence electrons. The average molecular weight is 472 g/mol. The van der Waals surface area contributed by atoms with E-state index in [1.54, 1.807) is 29.2 Å². The Morgan fingerprint density at radius 3 is 2.44 bits per heavy atom. The summed E-state index contributed by atoms with van der Waals surface area (Å²) >= 11 is 7.29. The maximum Gasteiger partial charge on any atom is 0.253 e. The number of halogens is 1. The molecule has 0 spiro atoms. The van der Waals surface area contributed by atoms with E-state index in [9.17, 15) is 9.59 Å². The van der Waals surface area contributed by atoms with E-state index in [1.807, 2.05) is 49.6 Å². The van der Waals surface area contributed by atoms with Gasteiger partial charge < -0.3 is 14.8 Å². The van der Waals surface area contributed by atoms with Crippen molar-refractivity contribution in [1.29, 1.82) is 0 Å². The van der Waals surface area contributed by atoms with Gasteiger partial charge in [0.05, 0.1) is 5.75 Å². The molecule has 0 aliphatic rings. The summed E-state index contributed by atoms with van der Waals surface area (Å²) in [7, 11) is 0. The van der Waals surface area contributed by atoms with E-state index >= 15 is 0 Å². The number of anilines is 1. The maximum atomic E-state index is 12.5. The molecule has 0 radical (unpaired) electrons. The summed E-state index contributed by atoms with van der Waals surface area (Å²) in [6, 6.07) is 14.4. The van der Waals surface area contributed by atoms with Crippen molar-refractivity contribution in [2.45, 2.75) is 32.5 Å². The van der Waals surface area contributed by atoms with Gasteiger partial charge in [0, 0.05) is 41.5 Å². The van der Waals surface area contributed by atoms with E-state index in [4.69, 9.17) is 11.6 Å². The van der Waals surface area contributed by atoms with Gasteiger partial charge in [-0.15, -0.1) is 10.2 Å². The molecule has 2 aromatic carbocycles. The largest absolute Gasteiger partial charge is 0.339 e. The lowest BCUT2D eigenvalue weighted by atomic mass is 10.1. The van der Waals surface area contributed by atoms with Crippen LogP contribution in [0.15, 0.2) is 53.7 Å². The van der Waals surface area contributed by atoms with E-state index in [-0.39, 0.29) is 17.6 Å². The number of aromatic nitrogens is 3. The third-order valence-electron chi connectivity index (χ3n) is 4.91. The molecule has 9 heteroatoms. The van der Waals surface area contributed by atoms with Gasteiger partial charge in [0.2, 0.25) is 5.91 Å². The predicted molar refractivity (Wildman–Crippen MR) is 129 cm³/mol. The van der Waals surface area contributed by atoms with Crippen LogP contribution in [0.2, 0.25) is 5.02 Å². The van der Waals surface area contributed by atoms with Crippen LogP contribution in [0.3, 0.4) is 0 Å². The monoisotopic (exact) mass is 471 g/mol. The van der Waals surface area contributed by atoms with Crippen LogP contribution in [0.1, 0.15) is 31.1 Å². The summed E-state index contributed by atoms with van der Waals surface area (Å²) in [6.45, 7) is 7.84. The quantitative estimate of drug-likeness (QED) is 0.452. The van der Waals surface area contributed by atoms with Gasteiger partial charge in [0.25, 0.3) is 5.91 Å². The third-order valence-corrected chi connectivity index (χ3v) is 6.13. The molecule has 2 amide bonds. The van der Waals surface area contributed by atoms with Crippen molar-refractivity contribution < 1.29 is 9.59 Å². The lowest BCUT2D eigenvalue weighted by Crippen LogP contribution is -2.30. The Morgan fingerprint density at radius 2 is 1.78 bits per heavy atom. The van der Waals surface area contributed by atoms with Crippen LogP contribution >= 0.6 is 23.4 Å². The van der Waals surface area contributed by atoms with E-state index in [0.29, 0.717) is 41.1 Å². The maximum absolute atomic E-state index is 12.5. The van der Waals surface area contributed by atoms with Gasteiger partial charge in [-0.3, -0.25) is 9.59 Å². The molecule has 0 aliphatic carbocycles. The molecule has 1 N–H and O–H groups in total. The van der Waals surface area contributed by atoms with Crippen LogP contribution < -0.4 is 5.32 Å². The van der Waals surface area contributed by atoms with Gasteiger partial charge in [0.1, 0.15) is 0 Å². The Labute approximate surface area is 197 Å². The number of hydrogen-bond acceptors (Lipinski definition) is 5. The smallest absolute Gasteiger partial charge is 0.253 e. The summed E-state index contributed by atoms with van der Waals surface area (Å²) < 4.78 is 1.96. The fraction of sp³-hybridized carbons (Fsp3) is 0.304. The minimum Gasteiger partial charge on any atom is -0.339 e. The first-order valence-corrected chi connectivity index (χ1v) is 11.8. The fourth-order valence-electron chi connectivity index (χ4n) is 3.24. The number of carbonyl (C=O) groups excluding carboxylic acids is 2. The summed E-state index contributed by atoms with van der Waals surface area (Å²) in [4.78, 5) is 26.8. The standard InChI is InChI=1S/C23H26ClN5O2S/c1-4-28(5-2)22(31)17-8-7-9-19(14-17)25-20(30)15-32-23-27-26-21(29(23)6-3)16-10-12-18(24)13-11-16/h7-14H,4-6,15H2,1-3H3,(H,25,30). The molecule has 0 aliphatic heterocycles. The van der Waals surface area contributed by atoms with Crippen molar-refractivity contribution in [1.82, 2.24) is 19.7 Å². The fourth-order valence-corrected chi connectivity index (χ4v) is 4.17. The second-order valence-electron chi connectivity index (χ2n) is 6.95. The van der Waals surface area contributed by atoms with Crippen molar-refractivity contribution >= 4 is 40.9 Å². The first-order chi connectivity index (χ1) is 15.5. The van der Waals surface area contributed by atoms with E-state index < -0.39 is 0 Å². The number of nitrogens with one attached hydrogen (secondary N) is 1. The highest BCUT2D eigenvalue weighted by Crippen LogP contribution is 2.25. The van der Waals surface area contributed by atoms with E-state index in [0.717, 1.165) is 11.4 Å². The van der Waals surface area contributed by atoms with Gasteiger partial charge in [-0.1, -0.05) is 29.4 Å². The highest BCUT2D eigenvalue weighted by Gasteiger charge is 2.16. The summed E-state index contributed by atoms with van der Waals surface area (Å²) in [5.41, 5.74) is 2.06. The van der Waals surface area contributed by atoms with Crippen molar-refractivity contribution in [3.05, 3.63) is 59.1 Å². The number of benzene rings is 2. The Kier molecular flexibility index (Phi) is 8.30. The summed E-state index contributed by atoms with van der Waals surface area (Å²) in [5, 5.41) is 12.7.